The Hall–Kier alpha value is -3.75. The number of amides is 1. The largest absolute Gasteiger partial charge is 0.351 e. The maximum absolute atomic E-state index is 14.1. The quantitative estimate of drug-likeness (QED) is 0.247. The van der Waals surface area contributed by atoms with Gasteiger partial charge in [0.2, 0.25) is 5.91 Å². The average molecular weight is 562 g/mol. The van der Waals surface area contributed by atoms with Crippen LogP contribution in [0.2, 0.25) is 5.02 Å². The number of anilines is 2. The lowest BCUT2D eigenvalue weighted by molar-refractivity contribution is -0.118. The monoisotopic (exact) mass is 561 g/mol. The van der Waals surface area contributed by atoms with Crippen LogP contribution in [0.5, 0.6) is 0 Å². The molecule has 200 valence electrons. The van der Waals surface area contributed by atoms with Crippen LogP contribution in [0.15, 0.2) is 72.9 Å². The lowest BCUT2D eigenvalue weighted by atomic mass is 9.96. The summed E-state index contributed by atoms with van der Waals surface area (Å²) in [5.74, 6) is -0.577. The molecule has 0 bridgehead atoms. The molecule has 6 nitrogen and oxygen atoms in total. The SMILES string of the molecule is Cc1cc([C@@H]2[C@@H](c3ccccn3)NC(=S)N2c2ccc(NC(=O)C(C)C)c(Cl)c2)c(C)n1-c1cccc(F)c1. The maximum atomic E-state index is 14.1. The van der Waals surface area contributed by atoms with E-state index in [2.05, 4.69) is 21.7 Å². The van der Waals surface area contributed by atoms with Gasteiger partial charge >= 0.3 is 0 Å². The molecule has 0 saturated carbocycles. The highest BCUT2D eigenvalue weighted by Gasteiger charge is 2.42. The summed E-state index contributed by atoms with van der Waals surface area (Å²) in [6, 6.07) is 19.5. The highest BCUT2D eigenvalue weighted by molar-refractivity contribution is 7.80. The van der Waals surface area contributed by atoms with E-state index in [0.29, 0.717) is 15.8 Å². The molecule has 2 N–H and O–H groups in total. The summed E-state index contributed by atoms with van der Waals surface area (Å²) in [4.78, 5) is 18.9. The Labute approximate surface area is 237 Å². The number of thiocarbonyl (C=S) groups is 1. The first kappa shape index (κ1) is 26.8. The lowest BCUT2D eigenvalue weighted by Gasteiger charge is -2.28. The van der Waals surface area contributed by atoms with E-state index >= 15 is 0 Å². The number of benzene rings is 2. The second-order valence-corrected chi connectivity index (χ2v) is 10.7. The van der Waals surface area contributed by atoms with Gasteiger partial charge in [0.1, 0.15) is 5.82 Å². The third-order valence-electron chi connectivity index (χ3n) is 6.97. The predicted molar refractivity (Wildman–Crippen MR) is 158 cm³/mol. The van der Waals surface area contributed by atoms with Crippen molar-refractivity contribution in [3.05, 3.63) is 106 Å². The molecule has 9 heteroatoms. The first-order chi connectivity index (χ1) is 18.7. The molecule has 39 heavy (non-hydrogen) atoms. The third-order valence-corrected chi connectivity index (χ3v) is 7.59. The number of hydrogen-bond acceptors (Lipinski definition) is 3. The molecule has 1 fully saturated rings. The summed E-state index contributed by atoms with van der Waals surface area (Å²) in [6.07, 6.45) is 1.76. The van der Waals surface area contributed by atoms with Crippen LogP contribution in [0.3, 0.4) is 0 Å². The second-order valence-electron chi connectivity index (χ2n) is 9.95. The fourth-order valence-corrected chi connectivity index (χ4v) is 5.65. The van der Waals surface area contributed by atoms with Crippen molar-refractivity contribution in [2.45, 2.75) is 39.8 Å². The smallest absolute Gasteiger partial charge is 0.226 e. The Balaban J connectivity index is 1.62. The lowest BCUT2D eigenvalue weighted by Crippen LogP contribution is -2.29. The minimum absolute atomic E-state index is 0.110. The normalized spacial score (nSPS) is 17.0. The molecular formula is C30H29ClFN5OS. The van der Waals surface area contributed by atoms with Crippen molar-refractivity contribution in [2.24, 2.45) is 5.92 Å². The van der Waals surface area contributed by atoms with Crippen molar-refractivity contribution in [1.29, 1.82) is 0 Å². The van der Waals surface area contributed by atoms with Gasteiger partial charge in [0.25, 0.3) is 0 Å². The van der Waals surface area contributed by atoms with Crippen LogP contribution in [0.1, 0.15) is 48.6 Å². The molecule has 0 spiro atoms. The number of aromatic nitrogens is 2. The van der Waals surface area contributed by atoms with Gasteiger partial charge in [-0.2, -0.15) is 0 Å². The van der Waals surface area contributed by atoms with Gasteiger partial charge in [-0.15, -0.1) is 0 Å². The van der Waals surface area contributed by atoms with Gasteiger partial charge in [0.05, 0.1) is 28.5 Å². The maximum Gasteiger partial charge on any atom is 0.226 e. The van der Waals surface area contributed by atoms with Crippen LogP contribution < -0.4 is 15.5 Å². The second kappa shape index (κ2) is 10.8. The molecule has 5 rings (SSSR count). The summed E-state index contributed by atoms with van der Waals surface area (Å²) < 4.78 is 16.2. The molecule has 1 saturated heterocycles. The van der Waals surface area contributed by atoms with E-state index < -0.39 is 0 Å². The van der Waals surface area contributed by atoms with Crippen LogP contribution in [-0.2, 0) is 4.79 Å². The van der Waals surface area contributed by atoms with E-state index in [1.807, 2.05) is 73.6 Å². The van der Waals surface area contributed by atoms with E-state index in [1.54, 1.807) is 18.3 Å². The minimum atomic E-state index is -0.294. The van der Waals surface area contributed by atoms with Crippen LogP contribution in [-0.4, -0.2) is 20.6 Å². The number of aryl methyl sites for hydroxylation is 1. The zero-order chi connectivity index (χ0) is 27.8. The number of carbonyl (C=O) groups is 1. The summed E-state index contributed by atoms with van der Waals surface area (Å²) in [5, 5.41) is 7.28. The number of nitrogens with zero attached hydrogens (tertiary/aromatic N) is 3. The predicted octanol–water partition coefficient (Wildman–Crippen LogP) is 7.05. The summed E-state index contributed by atoms with van der Waals surface area (Å²) in [6.45, 7) is 7.69. The van der Waals surface area contributed by atoms with E-state index in [0.717, 1.165) is 34.0 Å². The summed E-state index contributed by atoms with van der Waals surface area (Å²) >= 11 is 12.5. The van der Waals surface area contributed by atoms with Gasteiger partial charge in [-0.3, -0.25) is 9.78 Å². The molecule has 4 aromatic rings. The molecule has 1 aliphatic heterocycles. The molecule has 0 aliphatic carbocycles. The van der Waals surface area contributed by atoms with E-state index in [1.165, 1.54) is 12.1 Å². The Morgan fingerprint density at radius 3 is 2.54 bits per heavy atom. The molecule has 1 amide bonds. The number of halogens is 2. The van der Waals surface area contributed by atoms with Crippen LogP contribution >= 0.6 is 23.8 Å². The molecule has 0 radical (unpaired) electrons. The number of hydrogen-bond donors (Lipinski definition) is 2. The highest BCUT2D eigenvalue weighted by atomic mass is 35.5. The topological polar surface area (TPSA) is 62.2 Å². The Bertz CT molecular complexity index is 1550. The average Bonchev–Trinajstić information content (AvgIpc) is 3.40. The van der Waals surface area contributed by atoms with Gasteiger partial charge in [-0.05, 0) is 86.2 Å². The van der Waals surface area contributed by atoms with Gasteiger partial charge in [0, 0.05) is 34.9 Å². The zero-order valence-electron chi connectivity index (χ0n) is 22.1. The molecular weight excluding hydrogens is 533 g/mol. The molecule has 3 heterocycles. The molecule has 2 aromatic carbocycles. The van der Waals surface area contributed by atoms with Crippen molar-refractivity contribution in [3.63, 3.8) is 0 Å². The van der Waals surface area contributed by atoms with Crippen molar-refractivity contribution < 1.29 is 9.18 Å². The Morgan fingerprint density at radius 1 is 1.08 bits per heavy atom. The molecule has 1 aliphatic rings. The van der Waals surface area contributed by atoms with E-state index in [9.17, 15) is 9.18 Å². The van der Waals surface area contributed by atoms with Gasteiger partial charge in [-0.1, -0.05) is 37.6 Å². The fourth-order valence-electron chi connectivity index (χ4n) is 5.08. The zero-order valence-corrected chi connectivity index (χ0v) is 23.6. The molecule has 2 aromatic heterocycles. The van der Waals surface area contributed by atoms with Crippen LogP contribution in [0.25, 0.3) is 5.69 Å². The van der Waals surface area contributed by atoms with Gasteiger partial charge < -0.3 is 20.1 Å². The van der Waals surface area contributed by atoms with E-state index in [-0.39, 0.29) is 29.7 Å². The number of nitrogens with one attached hydrogen (secondary N) is 2. The number of carbonyl (C=O) groups excluding carboxylic acids is 1. The van der Waals surface area contributed by atoms with E-state index in [4.69, 9.17) is 23.8 Å². The third kappa shape index (κ3) is 5.14. The first-order valence-electron chi connectivity index (χ1n) is 12.7. The number of pyridine rings is 1. The Kier molecular flexibility index (Phi) is 7.42. The first-order valence-corrected chi connectivity index (χ1v) is 13.5. The highest BCUT2D eigenvalue weighted by Crippen LogP contribution is 2.44. The molecule has 0 unspecified atom stereocenters. The van der Waals surface area contributed by atoms with Gasteiger partial charge in [0.15, 0.2) is 5.11 Å². The van der Waals surface area contributed by atoms with Crippen molar-refractivity contribution >= 4 is 46.2 Å². The number of rotatable bonds is 6. The van der Waals surface area contributed by atoms with Crippen molar-refractivity contribution in [2.75, 3.05) is 10.2 Å². The van der Waals surface area contributed by atoms with Crippen LogP contribution in [0, 0.1) is 25.6 Å². The Morgan fingerprint density at radius 2 is 1.87 bits per heavy atom. The van der Waals surface area contributed by atoms with Gasteiger partial charge in [-0.25, -0.2) is 4.39 Å². The standard InChI is InChI=1S/C30H29ClFN5OS/c1-17(2)29(38)34-25-12-11-22(16-24(25)31)37-28(27(35-30(37)39)26-10-5-6-13-33-26)23-14-18(3)36(19(23)4)21-9-7-8-20(32)15-21/h5-17,27-28H,1-4H3,(H,34,38)(H,35,39)/t27-,28-/m1/s1. The van der Waals surface area contributed by atoms with Crippen molar-refractivity contribution in [3.8, 4) is 5.69 Å². The van der Waals surface area contributed by atoms with Crippen LogP contribution in [0.4, 0.5) is 15.8 Å². The molecule has 2 atom stereocenters. The van der Waals surface area contributed by atoms with Crippen molar-refractivity contribution in [1.82, 2.24) is 14.9 Å². The summed E-state index contributed by atoms with van der Waals surface area (Å²) in [5.41, 5.74) is 5.86. The minimum Gasteiger partial charge on any atom is -0.351 e. The fraction of sp³-hybridized carbons (Fsp3) is 0.233. The summed E-state index contributed by atoms with van der Waals surface area (Å²) in [7, 11) is 0.